The molecule has 1 saturated heterocycles. The van der Waals surface area contributed by atoms with Crippen molar-refractivity contribution in [2.75, 3.05) is 13.1 Å². The molecule has 0 saturated carbocycles. The van der Waals surface area contributed by atoms with Gasteiger partial charge in [0.05, 0.1) is 5.69 Å². The molecule has 0 aliphatic carbocycles. The first-order valence-corrected chi connectivity index (χ1v) is 5.65. The van der Waals surface area contributed by atoms with Crippen LogP contribution in [0.2, 0.25) is 0 Å². The fourth-order valence-corrected chi connectivity index (χ4v) is 2.14. The van der Waals surface area contributed by atoms with E-state index in [9.17, 15) is 0 Å². The number of aryl methyl sites for hydroxylation is 2. The highest BCUT2D eigenvalue weighted by atomic mass is 35.5. The van der Waals surface area contributed by atoms with Crippen molar-refractivity contribution in [1.82, 2.24) is 15.1 Å². The predicted octanol–water partition coefficient (Wildman–Crippen LogP) is 1.37. The quantitative estimate of drug-likeness (QED) is 0.826. The average Bonchev–Trinajstić information content (AvgIpc) is 2.53. The van der Waals surface area contributed by atoms with Gasteiger partial charge in [0.15, 0.2) is 0 Å². The van der Waals surface area contributed by atoms with Gasteiger partial charge >= 0.3 is 0 Å². The molecule has 1 aliphatic rings. The Morgan fingerprint density at radius 1 is 1.38 bits per heavy atom. The number of aromatic amines is 1. The fourth-order valence-electron chi connectivity index (χ4n) is 2.14. The van der Waals surface area contributed by atoms with E-state index in [1.165, 1.54) is 11.3 Å². The van der Waals surface area contributed by atoms with Crippen molar-refractivity contribution >= 4 is 12.4 Å². The van der Waals surface area contributed by atoms with Crippen LogP contribution in [0.1, 0.15) is 29.8 Å². The van der Waals surface area contributed by atoms with Crippen molar-refractivity contribution in [2.45, 2.75) is 39.3 Å². The summed E-state index contributed by atoms with van der Waals surface area (Å²) in [6.45, 7) is 7.40. The molecule has 0 aromatic carbocycles. The predicted molar refractivity (Wildman–Crippen MR) is 67.8 cm³/mol. The lowest BCUT2D eigenvalue weighted by Gasteiger charge is -2.30. The van der Waals surface area contributed by atoms with Gasteiger partial charge in [0, 0.05) is 23.8 Å². The van der Waals surface area contributed by atoms with E-state index in [0.717, 1.165) is 38.2 Å². The van der Waals surface area contributed by atoms with E-state index in [1.807, 2.05) is 0 Å². The molecule has 1 aromatic heterocycles. The molecule has 5 heteroatoms. The first-order chi connectivity index (χ1) is 7.16. The van der Waals surface area contributed by atoms with E-state index in [4.69, 9.17) is 5.73 Å². The Morgan fingerprint density at radius 3 is 2.50 bits per heavy atom. The average molecular weight is 245 g/mol. The number of nitrogens with zero attached hydrogens (tertiary/aromatic N) is 2. The molecular formula is C11H21ClN4. The number of hydrogen-bond acceptors (Lipinski definition) is 3. The van der Waals surface area contributed by atoms with Gasteiger partial charge in [0.1, 0.15) is 0 Å². The van der Waals surface area contributed by atoms with Crippen molar-refractivity contribution in [3.05, 3.63) is 17.0 Å². The third-order valence-electron chi connectivity index (χ3n) is 3.29. The second-order valence-corrected chi connectivity index (χ2v) is 4.53. The topological polar surface area (TPSA) is 57.9 Å². The normalized spacial score (nSPS) is 18.4. The van der Waals surface area contributed by atoms with Gasteiger partial charge in [-0.25, -0.2) is 0 Å². The number of likely N-dealkylation sites (tertiary alicyclic amines) is 1. The van der Waals surface area contributed by atoms with Gasteiger partial charge in [-0.05, 0) is 39.8 Å². The Bertz CT molecular complexity index is 309. The number of piperidine rings is 1. The number of rotatable bonds is 2. The molecule has 0 atom stereocenters. The zero-order valence-corrected chi connectivity index (χ0v) is 10.8. The smallest absolute Gasteiger partial charge is 0.0639 e. The van der Waals surface area contributed by atoms with Gasteiger partial charge < -0.3 is 5.73 Å². The zero-order chi connectivity index (χ0) is 10.8. The molecule has 1 aromatic rings. The molecule has 1 aliphatic heterocycles. The van der Waals surface area contributed by atoms with Crippen LogP contribution in [0, 0.1) is 13.8 Å². The van der Waals surface area contributed by atoms with Crippen LogP contribution in [0.3, 0.4) is 0 Å². The fraction of sp³-hybridized carbons (Fsp3) is 0.727. The SMILES string of the molecule is Cc1n[nH]c(C)c1CN1CCC(N)CC1.Cl. The summed E-state index contributed by atoms with van der Waals surface area (Å²) in [7, 11) is 0. The van der Waals surface area contributed by atoms with E-state index in [-0.39, 0.29) is 12.4 Å². The second-order valence-electron chi connectivity index (χ2n) is 4.53. The minimum Gasteiger partial charge on any atom is -0.328 e. The lowest BCUT2D eigenvalue weighted by molar-refractivity contribution is 0.205. The molecule has 1 fully saturated rings. The Hall–Kier alpha value is -0.580. The monoisotopic (exact) mass is 244 g/mol. The summed E-state index contributed by atoms with van der Waals surface area (Å²) in [5, 5.41) is 7.25. The molecule has 3 N–H and O–H groups in total. The Balaban J connectivity index is 0.00000128. The molecule has 2 rings (SSSR count). The van der Waals surface area contributed by atoms with Crippen LogP contribution >= 0.6 is 12.4 Å². The molecule has 4 nitrogen and oxygen atoms in total. The van der Waals surface area contributed by atoms with Crippen molar-refractivity contribution in [3.8, 4) is 0 Å². The van der Waals surface area contributed by atoms with Crippen LogP contribution in [0.5, 0.6) is 0 Å². The number of H-pyrrole nitrogens is 1. The van der Waals surface area contributed by atoms with Gasteiger partial charge in [0.25, 0.3) is 0 Å². The van der Waals surface area contributed by atoms with Crippen molar-refractivity contribution in [3.63, 3.8) is 0 Å². The lowest BCUT2D eigenvalue weighted by Crippen LogP contribution is -2.39. The summed E-state index contributed by atoms with van der Waals surface area (Å²) in [6, 6.07) is 0.410. The van der Waals surface area contributed by atoms with Crippen LogP contribution in [-0.4, -0.2) is 34.2 Å². The maximum atomic E-state index is 5.88. The molecule has 0 spiro atoms. The summed E-state index contributed by atoms with van der Waals surface area (Å²) >= 11 is 0. The first-order valence-electron chi connectivity index (χ1n) is 5.65. The van der Waals surface area contributed by atoms with E-state index in [2.05, 4.69) is 28.9 Å². The molecule has 92 valence electrons. The number of hydrogen-bond donors (Lipinski definition) is 2. The largest absolute Gasteiger partial charge is 0.328 e. The third kappa shape index (κ3) is 2.97. The van der Waals surface area contributed by atoms with Crippen LogP contribution in [0.15, 0.2) is 0 Å². The van der Waals surface area contributed by atoms with E-state index >= 15 is 0 Å². The third-order valence-corrected chi connectivity index (χ3v) is 3.29. The standard InChI is InChI=1S/C11H20N4.ClH/c1-8-11(9(2)14-13-8)7-15-5-3-10(12)4-6-15;/h10H,3-7,12H2,1-2H3,(H,13,14);1H. The Morgan fingerprint density at radius 2 is 2.00 bits per heavy atom. The maximum absolute atomic E-state index is 5.88. The molecule has 16 heavy (non-hydrogen) atoms. The van der Waals surface area contributed by atoms with Crippen LogP contribution < -0.4 is 5.73 Å². The van der Waals surface area contributed by atoms with E-state index < -0.39 is 0 Å². The molecule has 0 amide bonds. The van der Waals surface area contributed by atoms with Gasteiger partial charge in [-0.2, -0.15) is 5.10 Å². The van der Waals surface area contributed by atoms with Gasteiger partial charge in [0.2, 0.25) is 0 Å². The molecule has 2 heterocycles. The highest BCUT2D eigenvalue weighted by Crippen LogP contribution is 2.16. The minimum absolute atomic E-state index is 0. The van der Waals surface area contributed by atoms with Gasteiger partial charge in [-0.15, -0.1) is 12.4 Å². The molecular weight excluding hydrogens is 224 g/mol. The highest BCUT2D eigenvalue weighted by molar-refractivity contribution is 5.85. The van der Waals surface area contributed by atoms with Crippen molar-refractivity contribution in [1.29, 1.82) is 0 Å². The number of aromatic nitrogens is 2. The van der Waals surface area contributed by atoms with Crippen LogP contribution in [0.25, 0.3) is 0 Å². The number of nitrogens with one attached hydrogen (secondary N) is 1. The molecule has 0 bridgehead atoms. The summed E-state index contributed by atoms with van der Waals surface area (Å²) in [4.78, 5) is 2.47. The maximum Gasteiger partial charge on any atom is 0.0639 e. The number of nitrogens with two attached hydrogens (primary N) is 1. The van der Waals surface area contributed by atoms with Crippen molar-refractivity contribution < 1.29 is 0 Å². The summed E-state index contributed by atoms with van der Waals surface area (Å²) in [5.74, 6) is 0. The highest BCUT2D eigenvalue weighted by Gasteiger charge is 2.18. The second kappa shape index (κ2) is 5.66. The Labute approximate surface area is 103 Å². The minimum atomic E-state index is 0. The summed E-state index contributed by atoms with van der Waals surface area (Å²) < 4.78 is 0. The Kier molecular flexibility index (Phi) is 4.77. The van der Waals surface area contributed by atoms with E-state index in [0.29, 0.717) is 6.04 Å². The van der Waals surface area contributed by atoms with Crippen LogP contribution in [0.4, 0.5) is 0 Å². The van der Waals surface area contributed by atoms with Crippen molar-refractivity contribution in [2.24, 2.45) is 5.73 Å². The molecule has 0 radical (unpaired) electrons. The summed E-state index contributed by atoms with van der Waals surface area (Å²) in [6.07, 6.45) is 2.24. The van der Waals surface area contributed by atoms with Gasteiger partial charge in [-0.3, -0.25) is 10.00 Å². The molecule has 0 unspecified atom stereocenters. The number of halogens is 1. The summed E-state index contributed by atoms with van der Waals surface area (Å²) in [5.41, 5.74) is 9.56. The van der Waals surface area contributed by atoms with E-state index in [1.54, 1.807) is 0 Å². The van der Waals surface area contributed by atoms with Crippen LogP contribution in [-0.2, 0) is 6.54 Å². The zero-order valence-electron chi connectivity index (χ0n) is 9.99. The van der Waals surface area contributed by atoms with Gasteiger partial charge in [-0.1, -0.05) is 0 Å². The first kappa shape index (κ1) is 13.5. The lowest BCUT2D eigenvalue weighted by atomic mass is 10.0.